The summed E-state index contributed by atoms with van der Waals surface area (Å²) >= 11 is 0. The van der Waals surface area contributed by atoms with Crippen LogP contribution < -0.4 is 0 Å². The van der Waals surface area contributed by atoms with Crippen LogP contribution in [0.4, 0.5) is 13.2 Å². The van der Waals surface area contributed by atoms with E-state index in [-0.39, 0.29) is 18.6 Å². The van der Waals surface area contributed by atoms with Gasteiger partial charge in [-0.2, -0.15) is 4.31 Å². The van der Waals surface area contributed by atoms with E-state index >= 15 is 0 Å². The standard InChI is InChI=1S/C13H14F3NO3S/c1-17(9-2-4-10(18)5-3-9)21(19,20)13-11(15)6-8(14)7-12(13)16/h6-7,9H,2-5H2,1H3. The van der Waals surface area contributed by atoms with E-state index in [4.69, 9.17) is 0 Å². The molecular formula is C13H14F3NO3S. The van der Waals surface area contributed by atoms with Crippen LogP contribution in [0.1, 0.15) is 25.7 Å². The lowest BCUT2D eigenvalue weighted by Gasteiger charge is -2.30. The zero-order valence-electron chi connectivity index (χ0n) is 11.3. The van der Waals surface area contributed by atoms with Crippen LogP contribution in [-0.4, -0.2) is 31.6 Å². The Balaban J connectivity index is 2.36. The number of Topliss-reactive ketones (excluding diaryl/α,β-unsaturated/α-hetero) is 1. The van der Waals surface area contributed by atoms with Gasteiger partial charge in [0.2, 0.25) is 10.0 Å². The van der Waals surface area contributed by atoms with E-state index in [1.54, 1.807) is 0 Å². The van der Waals surface area contributed by atoms with Crippen LogP contribution in [0.15, 0.2) is 17.0 Å². The van der Waals surface area contributed by atoms with Crippen molar-refractivity contribution in [2.75, 3.05) is 7.05 Å². The maximum absolute atomic E-state index is 13.7. The number of carbonyl (C=O) groups is 1. The Morgan fingerprint density at radius 3 is 2.05 bits per heavy atom. The molecule has 0 unspecified atom stereocenters. The molecule has 1 aromatic rings. The van der Waals surface area contributed by atoms with E-state index in [0.717, 1.165) is 4.31 Å². The molecule has 0 saturated heterocycles. The fourth-order valence-corrected chi connectivity index (χ4v) is 3.91. The second kappa shape index (κ2) is 5.76. The van der Waals surface area contributed by atoms with Crippen LogP contribution in [0.5, 0.6) is 0 Å². The zero-order valence-corrected chi connectivity index (χ0v) is 12.1. The van der Waals surface area contributed by atoms with Crippen LogP contribution in [0, 0.1) is 17.5 Å². The molecule has 1 fully saturated rings. The topological polar surface area (TPSA) is 54.5 Å². The molecular weight excluding hydrogens is 307 g/mol. The highest BCUT2D eigenvalue weighted by molar-refractivity contribution is 7.89. The predicted molar refractivity (Wildman–Crippen MR) is 68.5 cm³/mol. The van der Waals surface area contributed by atoms with Gasteiger partial charge < -0.3 is 0 Å². The first-order valence-corrected chi connectivity index (χ1v) is 7.81. The summed E-state index contributed by atoms with van der Waals surface area (Å²) in [7, 11) is -3.22. The first kappa shape index (κ1) is 16.0. The molecule has 0 heterocycles. The smallest absolute Gasteiger partial charge is 0.248 e. The van der Waals surface area contributed by atoms with Crippen molar-refractivity contribution in [1.82, 2.24) is 4.31 Å². The zero-order chi connectivity index (χ0) is 15.8. The van der Waals surface area contributed by atoms with Crippen molar-refractivity contribution in [3.05, 3.63) is 29.6 Å². The van der Waals surface area contributed by atoms with Gasteiger partial charge in [0.1, 0.15) is 23.2 Å². The molecule has 1 aliphatic rings. The molecule has 0 amide bonds. The van der Waals surface area contributed by atoms with E-state index in [1.165, 1.54) is 7.05 Å². The lowest BCUT2D eigenvalue weighted by Crippen LogP contribution is -2.40. The predicted octanol–water partition coefficient (Wildman–Crippen LogP) is 2.24. The molecule has 0 radical (unpaired) electrons. The van der Waals surface area contributed by atoms with Gasteiger partial charge in [-0.05, 0) is 12.8 Å². The van der Waals surface area contributed by atoms with Crippen molar-refractivity contribution in [3.8, 4) is 0 Å². The maximum Gasteiger partial charge on any atom is 0.248 e. The third-order valence-corrected chi connectivity index (χ3v) is 5.59. The van der Waals surface area contributed by atoms with Crippen molar-refractivity contribution in [2.45, 2.75) is 36.6 Å². The van der Waals surface area contributed by atoms with E-state index < -0.39 is 38.4 Å². The highest BCUT2D eigenvalue weighted by Gasteiger charge is 2.34. The Morgan fingerprint density at radius 1 is 1.10 bits per heavy atom. The molecule has 0 atom stereocenters. The van der Waals surface area contributed by atoms with Crippen molar-refractivity contribution >= 4 is 15.8 Å². The molecule has 8 heteroatoms. The number of hydrogen-bond donors (Lipinski definition) is 0. The largest absolute Gasteiger partial charge is 0.300 e. The van der Waals surface area contributed by atoms with Crippen LogP contribution in [0.2, 0.25) is 0 Å². The monoisotopic (exact) mass is 321 g/mol. The third kappa shape index (κ3) is 3.11. The van der Waals surface area contributed by atoms with E-state index in [2.05, 4.69) is 0 Å². The molecule has 21 heavy (non-hydrogen) atoms. The minimum Gasteiger partial charge on any atom is -0.300 e. The minimum atomic E-state index is -4.43. The number of nitrogens with zero attached hydrogens (tertiary/aromatic N) is 1. The summed E-state index contributed by atoms with van der Waals surface area (Å²) < 4.78 is 65.7. The van der Waals surface area contributed by atoms with E-state index in [1.807, 2.05) is 0 Å². The van der Waals surface area contributed by atoms with Gasteiger partial charge in [0.05, 0.1) is 0 Å². The van der Waals surface area contributed by atoms with Gasteiger partial charge in [0.25, 0.3) is 0 Å². The summed E-state index contributed by atoms with van der Waals surface area (Å²) in [5.74, 6) is -4.08. The number of rotatable bonds is 3. The highest BCUT2D eigenvalue weighted by atomic mass is 32.2. The molecule has 0 bridgehead atoms. The van der Waals surface area contributed by atoms with Gasteiger partial charge >= 0.3 is 0 Å². The Morgan fingerprint density at radius 2 is 1.57 bits per heavy atom. The first-order valence-electron chi connectivity index (χ1n) is 6.37. The number of halogens is 3. The number of ketones is 1. The highest BCUT2D eigenvalue weighted by Crippen LogP contribution is 2.28. The third-order valence-electron chi connectivity index (χ3n) is 3.63. The Labute approximate surface area is 120 Å². The molecule has 116 valence electrons. The van der Waals surface area contributed by atoms with Crippen molar-refractivity contribution in [1.29, 1.82) is 0 Å². The molecule has 1 aliphatic carbocycles. The SMILES string of the molecule is CN(C1CCC(=O)CC1)S(=O)(=O)c1c(F)cc(F)cc1F. The fourth-order valence-electron chi connectivity index (χ4n) is 2.40. The number of carbonyl (C=O) groups excluding carboxylic acids is 1. The molecule has 1 aromatic carbocycles. The molecule has 0 aromatic heterocycles. The summed E-state index contributed by atoms with van der Waals surface area (Å²) in [6.45, 7) is 0. The summed E-state index contributed by atoms with van der Waals surface area (Å²) in [6, 6.07) is 0.152. The Hall–Kier alpha value is -1.41. The molecule has 1 saturated carbocycles. The van der Waals surface area contributed by atoms with Crippen molar-refractivity contribution < 1.29 is 26.4 Å². The lowest BCUT2D eigenvalue weighted by molar-refractivity contribution is -0.120. The summed E-state index contributed by atoms with van der Waals surface area (Å²) in [6.07, 6.45) is 1.08. The van der Waals surface area contributed by atoms with Crippen LogP contribution in [-0.2, 0) is 14.8 Å². The van der Waals surface area contributed by atoms with Gasteiger partial charge in [-0.25, -0.2) is 21.6 Å². The number of hydrogen-bond acceptors (Lipinski definition) is 3. The van der Waals surface area contributed by atoms with E-state index in [0.29, 0.717) is 25.0 Å². The lowest BCUT2D eigenvalue weighted by atomic mass is 9.95. The summed E-state index contributed by atoms with van der Waals surface area (Å²) in [5, 5.41) is 0. The average Bonchev–Trinajstić information content (AvgIpc) is 2.37. The van der Waals surface area contributed by atoms with Gasteiger partial charge in [-0.15, -0.1) is 0 Å². The second-order valence-corrected chi connectivity index (χ2v) is 6.92. The van der Waals surface area contributed by atoms with Gasteiger partial charge in [-0.1, -0.05) is 0 Å². The Kier molecular flexibility index (Phi) is 4.38. The number of benzene rings is 1. The number of sulfonamides is 1. The normalized spacial score (nSPS) is 17.5. The van der Waals surface area contributed by atoms with Gasteiger partial charge in [0, 0.05) is 38.1 Å². The average molecular weight is 321 g/mol. The molecule has 2 rings (SSSR count). The summed E-state index contributed by atoms with van der Waals surface area (Å²) in [4.78, 5) is 10.0. The van der Waals surface area contributed by atoms with Crippen LogP contribution in [0.3, 0.4) is 0 Å². The maximum atomic E-state index is 13.7. The fraction of sp³-hybridized carbons (Fsp3) is 0.462. The molecule has 0 aliphatic heterocycles. The molecule has 4 nitrogen and oxygen atoms in total. The summed E-state index contributed by atoms with van der Waals surface area (Å²) in [5.41, 5.74) is 0. The van der Waals surface area contributed by atoms with Gasteiger partial charge in [-0.3, -0.25) is 4.79 Å². The van der Waals surface area contributed by atoms with Crippen LogP contribution in [0.25, 0.3) is 0 Å². The second-order valence-electron chi connectivity index (χ2n) is 4.99. The van der Waals surface area contributed by atoms with Crippen molar-refractivity contribution in [3.63, 3.8) is 0 Å². The van der Waals surface area contributed by atoms with Crippen LogP contribution >= 0.6 is 0 Å². The van der Waals surface area contributed by atoms with E-state index in [9.17, 15) is 26.4 Å². The Bertz CT molecular complexity index is 642. The van der Waals surface area contributed by atoms with Crippen molar-refractivity contribution in [2.24, 2.45) is 0 Å². The molecule has 0 spiro atoms. The molecule has 0 N–H and O–H groups in total. The quantitative estimate of drug-likeness (QED) is 0.858. The van der Waals surface area contributed by atoms with Gasteiger partial charge in [0.15, 0.2) is 4.90 Å². The first-order chi connectivity index (χ1) is 9.73. The minimum absolute atomic E-state index is 0.0381.